The van der Waals surface area contributed by atoms with Gasteiger partial charge in [0.2, 0.25) is 10.0 Å². The fourth-order valence-corrected chi connectivity index (χ4v) is 5.04. The van der Waals surface area contributed by atoms with E-state index in [1.165, 1.54) is 24.0 Å². The lowest BCUT2D eigenvalue weighted by molar-refractivity contribution is 0.521. The van der Waals surface area contributed by atoms with E-state index in [0.717, 1.165) is 28.7 Å². The summed E-state index contributed by atoms with van der Waals surface area (Å²) in [5.41, 5.74) is 2.88. The number of hydrogen-bond acceptors (Lipinski definition) is 4. The van der Waals surface area contributed by atoms with Gasteiger partial charge in [-0.25, -0.2) is 17.7 Å². The molecule has 0 amide bonds. The van der Waals surface area contributed by atoms with Crippen molar-refractivity contribution in [3.05, 3.63) is 58.9 Å². The minimum Gasteiger partial charge on any atom is -0.328 e. The molecule has 0 N–H and O–H groups in total. The summed E-state index contributed by atoms with van der Waals surface area (Å²) in [7, 11) is -0.412. The minimum absolute atomic E-state index is 0.263. The highest BCUT2D eigenvalue weighted by molar-refractivity contribution is 7.98. The lowest BCUT2D eigenvalue weighted by atomic mass is 10.2. The first-order valence-electron chi connectivity index (χ1n) is 9.02. The number of halogens is 1. The Labute approximate surface area is 175 Å². The molecule has 1 aromatic heterocycles. The first kappa shape index (κ1) is 21.2. The van der Waals surface area contributed by atoms with Crippen LogP contribution in [0.5, 0.6) is 0 Å². The van der Waals surface area contributed by atoms with E-state index in [1.54, 1.807) is 23.9 Å². The van der Waals surface area contributed by atoms with Gasteiger partial charge in [0.25, 0.3) is 0 Å². The summed E-state index contributed by atoms with van der Waals surface area (Å²) in [6, 6.07) is 13.1. The lowest BCUT2D eigenvalue weighted by Gasteiger charge is -2.12. The van der Waals surface area contributed by atoms with Crippen LogP contribution in [0.15, 0.2) is 47.4 Å². The normalized spacial score (nSPS) is 13.4. The van der Waals surface area contributed by atoms with Gasteiger partial charge in [-0.1, -0.05) is 23.7 Å². The number of aromatic nitrogens is 2. The molecule has 1 heterocycles. The third-order valence-corrected chi connectivity index (χ3v) is 7.96. The van der Waals surface area contributed by atoms with Gasteiger partial charge in [0, 0.05) is 30.9 Å². The van der Waals surface area contributed by atoms with E-state index in [0.29, 0.717) is 10.8 Å². The third-order valence-electron chi connectivity index (χ3n) is 4.70. The van der Waals surface area contributed by atoms with E-state index in [9.17, 15) is 8.42 Å². The van der Waals surface area contributed by atoms with Crippen molar-refractivity contribution >= 4 is 44.4 Å². The van der Waals surface area contributed by atoms with Gasteiger partial charge in [-0.3, -0.25) is 0 Å². The molecular weight excluding hydrogens is 414 g/mol. The van der Waals surface area contributed by atoms with Crippen molar-refractivity contribution in [2.45, 2.75) is 36.3 Å². The predicted molar refractivity (Wildman–Crippen MR) is 117 cm³/mol. The molecule has 5 nitrogen and oxygen atoms in total. The van der Waals surface area contributed by atoms with E-state index >= 15 is 0 Å². The van der Waals surface area contributed by atoms with Crippen LogP contribution >= 0.6 is 23.4 Å². The van der Waals surface area contributed by atoms with Crippen LogP contribution in [-0.2, 0) is 22.3 Å². The second-order valence-electron chi connectivity index (χ2n) is 6.72. The molecule has 1 unspecified atom stereocenters. The number of thioether (sulfide) groups is 1. The average molecular weight is 438 g/mol. The summed E-state index contributed by atoms with van der Waals surface area (Å²) in [4.78, 5) is 5.00. The Hall–Kier alpha value is -1.54. The molecule has 0 saturated heterocycles. The van der Waals surface area contributed by atoms with Crippen LogP contribution in [-0.4, -0.2) is 36.4 Å². The molecule has 3 rings (SSSR count). The van der Waals surface area contributed by atoms with Crippen molar-refractivity contribution in [2.75, 3.05) is 14.1 Å². The Morgan fingerprint density at radius 3 is 2.46 bits per heavy atom. The van der Waals surface area contributed by atoms with Crippen molar-refractivity contribution in [1.29, 1.82) is 0 Å². The standard InChI is InChI=1S/C20H24ClN3O2S2/c1-5-24-19-11-10-17(28(25,26)23(3)4)12-18(19)22-20(24)13-27-14(2)15-6-8-16(21)9-7-15/h6-12,14H,5,13H2,1-4H3. The van der Waals surface area contributed by atoms with Gasteiger partial charge in [0.15, 0.2) is 0 Å². The van der Waals surface area contributed by atoms with Gasteiger partial charge in [0.1, 0.15) is 5.82 Å². The maximum absolute atomic E-state index is 12.4. The van der Waals surface area contributed by atoms with Gasteiger partial charge >= 0.3 is 0 Å². The number of fused-ring (bicyclic) bond motifs is 1. The van der Waals surface area contributed by atoms with Crippen molar-refractivity contribution < 1.29 is 8.42 Å². The van der Waals surface area contributed by atoms with Gasteiger partial charge in [-0.2, -0.15) is 0 Å². The molecule has 0 bridgehead atoms. The maximum atomic E-state index is 12.4. The number of rotatable bonds is 7. The molecular formula is C20H24ClN3O2S2. The lowest BCUT2D eigenvalue weighted by Crippen LogP contribution is -2.22. The highest BCUT2D eigenvalue weighted by Gasteiger charge is 2.20. The number of nitrogens with zero attached hydrogens (tertiary/aromatic N) is 3. The molecule has 3 aromatic rings. The van der Waals surface area contributed by atoms with Crippen molar-refractivity contribution in [2.24, 2.45) is 0 Å². The molecule has 28 heavy (non-hydrogen) atoms. The smallest absolute Gasteiger partial charge is 0.242 e. The summed E-state index contributed by atoms with van der Waals surface area (Å²) < 4.78 is 28.2. The fraction of sp³-hybridized carbons (Fsp3) is 0.350. The van der Waals surface area contributed by atoms with Gasteiger partial charge in [-0.15, -0.1) is 11.8 Å². The van der Waals surface area contributed by atoms with Crippen LogP contribution in [0.3, 0.4) is 0 Å². The zero-order valence-corrected chi connectivity index (χ0v) is 18.8. The van der Waals surface area contributed by atoms with E-state index < -0.39 is 10.0 Å². The molecule has 0 aliphatic heterocycles. The predicted octanol–water partition coefficient (Wildman–Crippen LogP) is 4.95. The van der Waals surface area contributed by atoms with Crippen LogP contribution in [0.25, 0.3) is 11.0 Å². The van der Waals surface area contributed by atoms with Crippen molar-refractivity contribution in [3.8, 4) is 0 Å². The van der Waals surface area contributed by atoms with Crippen molar-refractivity contribution in [3.63, 3.8) is 0 Å². The second kappa shape index (κ2) is 8.45. The summed E-state index contributed by atoms with van der Waals surface area (Å²) in [5.74, 6) is 1.69. The van der Waals surface area contributed by atoms with E-state index in [4.69, 9.17) is 16.6 Å². The molecule has 1 atom stereocenters. The summed E-state index contributed by atoms with van der Waals surface area (Å²) >= 11 is 7.77. The molecule has 0 fully saturated rings. The Kier molecular flexibility index (Phi) is 6.39. The summed E-state index contributed by atoms with van der Waals surface area (Å²) in [6.07, 6.45) is 0. The molecule has 0 spiro atoms. The van der Waals surface area contributed by atoms with Crippen LogP contribution in [0, 0.1) is 0 Å². The van der Waals surface area contributed by atoms with E-state index in [1.807, 2.05) is 30.3 Å². The first-order chi connectivity index (χ1) is 13.2. The van der Waals surface area contributed by atoms with Gasteiger partial charge < -0.3 is 4.57 Å². The Balaban J connectivity index is 1.87. The number of aryl methyl sites for hydroxylation is 1. The molecule has 8 heteroatoms. The van der Waals surface area contributed by atoms with Crippen LogP contribution in [0.1, 0.15) is 30.5 Å². The Morgan fingerprint density at radius 2 is 1.86 bits per heavy atom. The van der Waals surface area contributed by atoms with Crippen LogP contribution < -0.4 is 0 Å². The van der Waals surface area contributed by atoms with Gasteiger partial charge in [0.05, 0.1) is 21.7 Å². The van der Waals surface area contributed by atoms with Crippen LogP contribution in [0.4, 0.5) is 0 Å². The molecule has 150 valence electrons. The number of hydrogen-bond donors (Lipinski definition) is 0. The van der Waals surface area contributed by atoms with Gasteiger partial charge in [-0.05, 0) is 49.7 Å². The topological polar surface area (TPSA) is 55.2 Å². The number of imidazole rings is 1. The second-order valence-corrected chi connectivity index (χ2v) is 10.6. The zero-order valence-electron chi connectivity index (χ0n) is 16.4. The zero-order chi connectivity index (χ0) is 20.5. The highest BCUT2D eigenvalue weighted by atomic mass is 35.5. The molecule has 0 radical (unpaired) electrons. The quantitative estimate of drug-likeness (QED) is 0.524. The average Bonchev–Trinajstić information content (AvgIpc) is 3.03. The first-order valence-corrected chi connectivity index (χ1v) is 11.9. The summed E-state index contributed by atoms with van der Waals surface area (Å²) in [6.45, 7) is 5.01. The number of benzene rings is 2. The van der Waals surface area contributed by atoms with Crippen molar-refractivity contribution in [1.82, 2.24) is 13.9 Å². The Morgan fingerprint density at radius 1 is 1.18 bits per heavy atom. The van der Waals surface area contributed by atoms with E-state index in [2.05, 4.69) is 18.4 Å². The molecule has 2 aromatic carbocycles. The number of sulfonamides is 1. The van der Waals surface area contributed by atoms with E-state index in [-0.39, 0.29) is 4.90 Å². The minimum atomic E-state index is -3.48. The molecule has 0 aliphatic carbocycles. The third kappa shape index (κ3) is 4.22. The maximum Gasteiger partial charge on any atom is 0.242 e. The molecule has 0 aliphatic rings. The summed E-state index contributed by atoms with van der Waals surface area (Å²) in [5, 5.41) is 1.03. The SMILES string of the molecule is CCn1c(CSC(C)c2ccc(Cl)cc2)nc2cc(S(=O)(=O)N(C)C)ccc21. The fourth-order valence-electron chi connectivity index (χ4n) is 3.02. The van der Waals surface area contributed by atoms with Crippen LogP contribution in [0.2, 0.25) is 5.02 Å². The molecule has 0 saturated carbocycles. The monoisotopic (exact) mass is 437 g/mol. The largest absolute Gasteiger partial charge is 0.328 e. The Bertz CT molecular complexity index is 1080. The highest BCUT2D eigenvalue weighted by Crippen LogP contribution is 2.32.